The molecule has 0 spiro atoms. The highest BCUT2D eigenvalue weighted by Gasteiger charge is 2.42. The highest BCUT2D eigenvalue weighted by molar-refractivity contribution is 5.83. The Morgan fingerprint density at radius 3 is 2.48 bits per heavy atom. The molecule has 0 saturated carbocycles. The molecule has 3 aromatic heterocycles. The van der Waals surface area contributed by atoms with Crippen molar-refractivity contribution < 1.29 is 17.9 Å². The fraction of sp³-hybridized carbons (Fsp3) is 0.526. The number of fused-ring (bicyclic) bond motifs is 2. The standard InChI is InChI=1S/C19H21F3N8O/c1-31-5-4-28-11-26-15-16(28)24-10-25-17(15)29-6-12-8-30(9-13(12)7-29)18-23-3-2-14(27-18)19(20,21)22/h2-3,10-13H,4-9H2,1H3. The lowest BCUT2D eigenvalue weighted by Crippen LogP contribution is -2.30. The molecule has 164 valence electrons. The van der Waals surface area contributed by atoms with Crippen molar-refractivity contribution in [3.8, 4) is 0 Å². The molecule has 2 aliphatic rings. The van der Waals surface area contributed by atoms with Gasteiger partial charge in [0.1, 0.15) is 12.0 Å². The highest BCUT2D eigenvalue weighted by Crippen LogP contribution is 2.37. The highest BCUT2D eigenvalue weighted by atomic mass is 19.4. The summed E-state index contributed by atoms with van der Waals surface area (Å²) in [5.41, 5.74) is 0.596. The quantitative estimate of drug-likeness (QED) is 0.602. The lowest BCUT2D eigenvalue weighted by atomic mass is 10.0. The van der Waals surface area contributed by atoms with Gasteiger partial charge in [0.05, 0.1) is 12.9 Å². The minimum atomic E-state index is -4.48. The van der Waals surface area contributed by atoms with E-state index in [0.717, 1.165) is 36.1 Å². The number of aromatic nitrogens is 6. The van der Waals surface area contributed by atoms with Gasteiger partial charge in [0, 0.05) is 57.9 Å². The summed E-state index contributed by atoms with van der Waals surface area (Å²) in [7, 11) is 1.65. The van der Waals surface area contributed by atoms with Gasteiger partial charge in [-0.1, -0.05) is 0 Å². The van der Waals surface area contributed by atoms with E-state index < -0.39 is 11.9 Å². The van der Waals surface area contributed by atoms with Crippen molar-refractivity contribution in [2.24, 2.45) is 11.8 Å². The molecule has 0 N–H and O–H groups in total. The van der Waals surface area contributed by atoms with E-state index in [1.807, 2.05) is 9.47 Å². The maximum absolute atomic E-state index is 13.0. The van der Waals surface area contributed by atoms with Crippen LogP contribution < -0.4 is 9.80 Å². The number of hydrogen-bond donors (Lipinski definition) is 0. The maximum atomic E-state index is 13.0. The number of nitrogens with zero attached hydrogens (tertiary/aromatic N) is 8. The van der Waals surface area contributed by atoms with Gasteiger partial charge in [0.15, 0.2) is 17.0 Å². The Hall–Kier alpha value is -3.02. The molecule has 9 nitrogen and oxygen atoms in total. The first-order valence-electron chi connectivity index (χ1n) is 9.99. The fourth-order valence-electron chi connectivity index (χ4n) is 4.44. The minimum absolute atomic E-state index is 0.136. The van der Waals surface area contributed by atoms with Gasteiger partial charge < -0.3 is 19.1 Å². The van der Waals surface area contributed by atoms with Crippen LogP contribution in [0.3, 0.4) is 0 Å². The van der Waals surface area contributed by atoms with Crippen molar-refractivity contribution in [3.05, 3.63) is 30.6 Å². The number of rotatable bonds is 5. The van der Waals surface area contributed by atoms with E-state index in [4.69, 9.17) is 4.74 Å². The second-order valence-corrected chi connectivity index (χ2v) is 7.87. The monoisotopic (exact) mass is 434 g/mol. The van der Waals surface area contributed by atoms with Gasteiger partial charge in [0.2, 0.25) is 5.95 Å². The molecule has 31 heavy (non-hydrogen) atoms. The Balaban J connectivity index is 1.31. The van der Waals surface area contributed by atoms with Crippen LogP contribution >= 0.6 is 0 Å². The summed E-state index contributed by atoms with van der Waals surface area (Å²) in [5.74, 6) is 1.51. The van der Waals surface area contributed by atoms with E-state index in [-0.39, 0.29) is 5.95 Å². The average Bonchev–Trinajstić information content (AvgIpc) is 3.44. The zero-order valence-electron chi connectivity index (χ0n) is 16.8. The van der Waals surface area contributed by atoms with Gasteiger partial charge in [-0.2, -0.15) is 13.2 Å². The van der Waals surface area contributed by atoms with Gasteiger partial charge in [-0.05, 0) is 6.07 Å². The normalized spacial score (nSPS) is 21.3. The molecule has 0 amide bonds. The summed E-state index contributed by atoms with van der Waals surface area (Å²) in [6.45, 7) is 3.93. The molecule has 0 radical (unpaired) electrons. The predicted octanol–water partition coefficient (Wildman–Crippen LogP) is 1.85. The van der Waals surface area contributed by atoms with E-state index in [9.17, 15) is 13.2 Å². The van der Waals surface area contributed by atoms with Crippen LogP contribution in [0.2, 0.25) is 0 Å². The molecule has 3 aromatic rings. The van der Waals surface area contributed by atoms with Gasteiger partial charge >= 0.3 is 6.18 Å². The number of methoxy groups -OCH3 is 1. The first kappa shape index (κ1) is 19.9. The Bertz CT molecular complexity index is 1070. The molecule has 5 rings (SSSR count). The van der Waals surface area contributed by atoms with Crippen molar-refractivity contribution in [3.63, 3.8) is 0 Å². The number of imidazole rings is 1. The molecule has 12 heteroatoms. The topological polar surface area (TPSA) is 85.1 Å². The van der Waals surface area contributed by atoms with E-state index in [1.165, 1.54) is 6.20 Å². The molecule has 2 fully saturated rings. The summed E-state index contributed by atoms with van der Waals surface area (Å²) in [4.78, 5) is 25.2. The summed E-state index contributed by atoms with van der Waals surface area (Å²) >= 11 is 0. The fourth-order valence-corrected chi connectivity index (χ4v) is 4.44. The second kappa shape index (κ2) is 7.59. The SMILES string of the molecule is COCCn1cnc2c(N3CC4CN(c5nccc(C(F)(F)F)n5)CC4C3)ncnc21. The summed E-state index contributed by atoms with van der Waals surface area (Å²) in [5, 5.41) is 0. The van der Waals surface area contributed by atoms with Crippen molar-refractivity contribution in [2.45, 2.75) is 12.7 Å². The van der Waals surface area contributed by atoms with Gasteiger partial charge in [-0.3, -0.25) is 0 Å². The molecule has 0 bridgehead atoms. The van der Waals surface area contributed by atoms with E-state index in [1.54, 1.807) is 19.8 Å². The lowest BCUT2D eigenvalue weighted by molar-refractivity contribution is -0.141. The van der Waals surface area contributed by atoms with E-state index in [2.05, 4.69) is 29.8 Å². The third kappa shape index (κ3) is 3.64. The molecule has 2 atom stereocenters. The Morgan fingerprint density at radius 1 is 1.03 bits per heavy atom. The molecular weight excluding hydrogens is 413 g/mol. The number of anilines is 2. The number of halogens is 3. The van der Waals surface area contributed by atoms with Crippen LogP contribution in [0.5, 0.6) is 0 Å². The number of alkyl halides is 3. The number of hydrogen-bond acceptors (Lipinski definition) is 8. The molecule has 2 saturated heterocycles. The molecule has 0 aliphatic carbocycles. The van der Waals surface area contributed by atoms with Crippen molar-refractivity contribution in [1.82, 2.24) is 29.5 Å². The molecule has 5 heterocycles. The third-order valence-corrected chi connectivity index (χ3v) is 5.92. The van der Waals surface area contributed by atoms with Crippen LogP contribution in [0.25, 0.3) is 11.2 Å². The van der Waals surface area contributed by atoms with Crippen molar-refractivity contribution in [1.29, 1.82) is 0 Å². The molecular formula is C19H21F3N8O. The molecule has 2 unspecified atom stereocenters. The van der Waals surface area contributed by atoms with Crippen LogP contribution in [0.1, 0.15) is 5.69 Å². The van der Waals surface area contributed by atoms with Crippen LogP contribution in [-0.2, 0) is 17.5 Å². The van der Waals surface area contributed by atoms with E-state index in [0.29, 0.717) is 38.1 Å². The minimum Gasteiger partial charge on any atom is -0.383 e. The van der Waals surface area contributed by atoms with Crippen molar-refractivity contribution >= 4 is 22.9 Å². The zero-order chi connectivity index (χ0) is 21.6. The van der Waals surface area contributed by atoms with Gasteiger partial charge in [-0.25, -0.2) is 24.9 Å². The summed E-state index contributed by atoms with van der Waals surface area (Å²) < 4.78 is 46.0. The largest absolute Gasteiger partial charge is 0.433 e. The van der Waals surface area contributed by atoms with Gasteiger partial charge in [-0.15, -0.1) is 0 Å². The van der Waals surface area contributed by atoms with Crippen LogP contribution in [0, 0.1) is 11.8 Å². The second-order valence-electron chi connectivity index (χ2n) is 7.87. The predicted molar refractivity (Wildman–Crippen MR) is 106 cm³/mol. The van der Waals surface area contributed by atoms with Gasteiger partial charge in [0.25, 0.3) is 0 Å². The molecule has 2 aliphatic heterocycles. The smallest absolute Gasteiger partial charge is 0.383 e. The van der Waals surface area contributed by atoms with Crippen LogP contribution in [0.15, 0.2) is 24.9 Å². The molecule has 0 aromatic carbocycles. The summed E-state index contributed by atoms with van der Waals surface area (Å²) in [6.07, 6.45) is -0.0246. The average molecular weight is 434 g/mol. The Morgan fingerprint density at radius 2 is 1.77 bits per heavy atom. The van der Waals surface area contributed by atoms with E-state index >= 15 is 0 Å². The Kier molecular flexibility index (Phi) is 4.88. The number of ether oxygens (including phenoxy) is 1. The lowest BCUT2D eigenvalue weighted by Gasteiger charge is -2.22. The first-order valence-corrected chi connectivity index (χ1v) is 9.99. The van der Waals surface area contributed by atoms with Crippen LogP contribution in [0.4, 0.5) is 24.9 Å². The van der Waals surface area contributed by atoms with Crippen molar-refractivity contribution in [2.75, 3.05) is 49.7 Å². The maximum Gasteiger partial charge on any atom is 0.433 e. The zero-order valence-corrected chi connectivity index (χ0v) is 16.8. The van der Waals surface area contributed by atoms with Crippen LogP contribution in [-0.4, -0.2) is 69.4 Å². The first-order chi connectivity index (χ1) is 14.9. The summed E-state index contributed by atoms with van der Waals surface area (Å²) in [6, 6.07) is 0.897. The Labute approximate surface area is 175 Å². The third-order valence-electron chi connectivity index (χ3n) is 5.92.